The van der Waals surface area contributed by atoms with Crippen LogP contribution in [0.1, 0.15) is 5.56 Å². The summed E-state index contributed by atoms with van der Waals surface area (Å²) in [5, 5.41) is 3.96. The normalized spacial score (nSPS) is 15.5. The highest BCUT2D eigenvalue weighted by Gasteiger charge is 2.19. The molecule has 1 fully saturated rings. The minimum atomic E-state index is 0.631. The molecule has 0 atom stereocenters. The quantitative estimate of drug-likeness (QED) is 0.940. The van der Waals surface area contributed by atoms with Crippen molar-refractivity contribution in [2.24, 2.45) is 5.73 Å². The minimum absolute atomic E-state index is 0.631. The number of nitrogens with two attached hydrogens (primary N) is 1. The van der Waals surface area contributed by atoms with Crippen LogP contribution in [0, 0.1) is 0 Å². The van der Waals surface area contributed by atoms with Gasteiger partial charge < -0.3 is 15.5 Å². The second-order valence-electron chi connectivity index (χ2n) is 5.10. The number of piperazine rings is 1. The molecule has 1 saturated heterocycles. The monoisotopic (exact) mass is 322 g/mol. The Kier molecular flexibility index (Phi) is 4.63. The van der Waals surface area contributed by atoms with Crippen LogP contribution in [0.2, 0.25) is 5.02 Å². The molecule has 1 aliphatic rings. The van der Waals surface area contributed by atoms with Crippen LogP contribution in [0.5, 0.6) is 0 Å². The van der Waals surface area contributed by atoms with E-state index in [1.165, 1.54) is 5.69 Å². The van der Waals surface area contributed by atoms with Gasteiger partial charge in [-0.25, -0.2) is 4.98 Å². The topological polar surface area (TPSA) is 45.4 Å². The Balaban J connectivity index is 1.65. The molecule has 2 N–H and O–H groups in total. The number of hydrogen-bond acceptors (Lipinski definition) is 5. The maximum absolute atomic E-state index is 6.34. The summed E-state index contributed by atoms with van der Waals surface area (Å²) in [5.74, 6) is 0. The summed E-state index contributed by atoms with van der Waals surface area (Å²) in [5.41, 5.74) is 7.92. The summed E-state index contributed by atoms with van der Waals surface area (Å²) in [6.45, 7) is 4.61. The van der Waals surface area contributed by atoms with Crippen molar-refractivity contribution in [3.63, 3.8) is 0 Å². The molecule has 3 rings (SSSR count). The molecule has 1 aromatic heterocycles. The number of anilines is 2. The molecular weight excluding hydrogens is 304 g/mol. The molecule has 6 heteroatoms. The number of nitrogens with zero attached hydrogens (tertiary/aromatic N) is 3. The van der Waals surface area contributed by atoms with Gasteiger partial charge in [0.1, 0.15) is 0 Å². The molecule has 2 heterocycles. The second kappa shape index (κ2) is 6.64. The molecule has 4 nitrogen and oxygen atoms in total. The largest absolute Gasteiger partial charge is 0.368 e. The SMILES string of the molecule is NCCc1ccc(N2CCN(c3nccs3)CC2)cc1Cl. The van der Waals surface area contributed by atoms with E-state index >= 15 is 0 Å². The summed E-state index contributed by atoms with van der Waals surface area (Å²) in [6.07, 6.45) is 2.69. The molecule has 0 saturated carbocycles. The van der Waals surface area contributed by atoms with Crippen LogP contribution in [0.15, 0.2) is 29.8 Å². The van der Waals surface area contributed by atoms with Gasteiger partial charge in [-0.05, 0) is 30.7 Å². The van der Waals surface area contributed by atoms with E-state index < -0.39 is 0 Å². The van der Waals surface area contributed by atoms with Crippen molar-refractivity contribution in [2.45, 2.75) is 6.42 Å². The smallest absolute Gasteiger partial charge is 0.185 e. The van der Waals surface area contributed by atoms with Crippen LogP contribution in [-0.4, -0.2) is 37.7 Å². The zero-order valence-corrected chi connectivity index (χ0v) is 13.4. The Morgan fingerprint density at radius 3 is 2.57 bits per heavy atom. The van der Waals surface area contributed by atoms with Crippen molar-refractivity contribution in [3.05, 3.63) is 40.4 Å². The Morgan fingerprint density at radius 1 is 1.19 bits per heavy atom. The van der Waals surface area contributed by atoms with Gasteiger partial charge in [-0.3, -0.25) is 0 Å². The summed E-state index contributed by atoms with van der Waals surface area (Å²) >= 11 is 8.04. The number of thiazole rings is 1. The van der Waals surface area contributed by atoms with Crippen molar-refractivity contribution in [3.8, 4) is 0 Å². The van der Waals surface area contributed by atoms with E-state index in [4.69, 9.17) is 17.3 Å². The highest BCUT2D eigenvalue weighted by molar-refractivity contribution is 7.13. The summed E-state index contributed by atoms with van der Waals surface area (Å²) in [7, 11) is 0. The Morgan fingerprint density at radius 2 is 1.95 bits per heavy atom. The lowest BCUT2D eigenvalue weighted by Crippen LogP contribution is -2.46. The Hall–Kier alpha value is -1.30. The zero-order chi connectivity index (χ0) is 14.7. The van der Waals surface area contributed by atoms with Crippen molar-refractivity contribution < 1.29 is 0 Å². The molecule has 0 spiro atoms. The first kappa shape index (κ1) is 14.6. The molecule has 0 amide bonds. The van der Waals surface area contributed by atoms with Gasteiger partial charge in [0.15, 0.2) is 5.13 Å². The van der Waals surface area contributed by atoms with Gasteiger partial charge >= 0.3 is 0 Å². The predicted octanol–water partition coefficient (Wildman–Crippen LogP) is 2.62. The van der Waals surface area contributed by atoms with Crippen LogP contribution >= 0.6 is 22.9 Å². The molecule has 21 heavy (non-hydrogen) atoms. The molecule has 1 aliphatic heterocycles. The number of hydrogen-bond donors (Lipinski definition) is 1. The first-order valence-electron chi connectivity index (χ1n) is 7.16. The van der Waals surface area contributed by atoms with Gasteiger partial charge in [-0.15, -0.1) is 11.3 Å². The fraction of sp³-hybridized carbons (Fsp3) is 0.400. The van der Waals surface area contributed by atoms with Gasteiger partial charge in [-0.2, -0.15) is 0 Å². The number of rotatable bonds is 4. The lowest BCUT2D eigenvalue weighted by Gasteiger charge is -2.36. The molecule has 0 unspecified atom stereocenters. The van der Waals surface area contributed by atoms with Gasteiger partial charge in [-0.1, -0.05) is 17.7 Å². The van der Waals surface area contributed by atoms with Gasteiger partial charge in [0.05, 0.1) is 0 Å². The van der Waals surface area contributed by atoms with Gasteiger partial charge in [0.2, 0.25) is 0 Å². The maximum Gasteiger partial charge on any atom is 0.185 e. The maximum atomic E-state index is 6.34. The van der Waals surface area contributed by atoms with Crippen LogP contribution in [-0.2, 0) is 6.42 Å². The third kappa shape index (κ3) is 3.31. The van der Waals surface area contributed by atoms with Gasteiger partial charge in [0, 0.05) is 48.5 Å². The van der Waals surface area contributed by atoms with E-state index in [0.717, 1.165) is 48.3 Å². The average Bonchev–Trinajstić information content (AvgIpc) is 3.04. The van der Waals surface area contributed by atoms with E-state index in [9.17, 15) is 0 Å². The lowest BCUT2D eigenvalue weighted by molar-refractivity contribution is 0.652. The number of aromatic nitrogens is 1. The average molecular weight is 323 g/mol. The third-order valence-electron chi connectivity index (χ3n) is 3.78. The van der Waals surface area contributed by atoms with Crippen LogP contribution in [0.4, 0.5) is 10.8 Å². The summed E-state index contributed by atoms with van der Waals surface area (Å²) < 4.78 is 0. The minimum Gasteiger partial charge on any atom is -0.368 e. The summed E-state index contributed by atoms with van der Waals surface area (Å²) in [4.78, 5) is 9.09. The molecule has 0 radical (unpaired) electrons. The highest BCUT2D eigenvalue weighted by Crippen LogP contribution is 2.26. The molecule has 0 aliphatic carbocycles. The Labute approximate surface area is 134 Å². The first-order valence-corrected chi connectivity index (χ1v) is 8.41. The van der Waals surface area contributed by atoms with Crippen molar-refractivity contribution in [1.82, 2.24) is 4.98 Å². The molecule has 0 bridgehead atoms. The van der Waals surface area contributed by atoms with Crippen LogP contribution < -0.4 is 15.5 Å². The van der Waals surface area contributed by atoms with E-state index in [1.807, 2.05) is 11.6 Å². The third-order valence-corrected chi connectivity index (χ3v) is 4.97. The van der Waals surface area contributed by atoms with Crippen molar-refractivity contribution in [2.75, 3.05) is 42.5 Å². The molecule has 2 aromatic rings. The van der Waals surface area contributed by atoms with Crippen molar-refractivity contribution in [1.29, 1.82) is 0 Å². The lowest BCUT2D eigenvalue weighted by atomic mass is 10.1. The van der Waals surface area contributed by atoms with Crippen LogP contribution in [0.25, 0.3) is 0 Å². The molecule has 1 aromatic carbocycles. The second-order valence-corrected chi connectivity index (χ2v) is 6.38. The fourth-order valence-electron chi connectivity index (χ4n) is 2.62. The number of benzene rings is 1. The Bertz CT molecular complexity index is 579. The predicted molar refractivity (Wildman–Crippen MR) is 90.8 cm³/mol. The van der Waals surface area contributed by atoms with Gasteiger partial charge in [0.25, 0.3) is 0 Å². The summed E-state index contributed by atoms with van der Waals surface area (Å²) in [6, 6.07) is 6.30. The molecular formula is C15H19ClN4S. The van der Waals surface area contributed by atoms with Crippen molar-refractivity contribution >= 4 is 33.8 Å². The zero-order valence-electron chi connectivity index (χ0n) is 11.8. The standard InChI is InChI=1S/C15H19ClN4S/c16-14-11-13(2-1-12(14)3-4-17)19-6-8-20(9-7-19)15-18-5-10-21-15/h1-2,5,10-11H,3-4,6-9,17H2. The molecule has 112 valence electrons. The van der Waals surface area contributed by atoms with E-state index in [2.05, 4.69) is 33.0 Å². The fourth-order valence-corrected chi connectivity index (χ4v) is 3.59. The first-order chi connectivity index (χ1) is 10.3. The number of halogens is 1. The van der Waals surface area contributed by atoms with E-state index in [1.54, 1.807) is 11.3 Å². The van der Waals surface area contributed by atoms with E-state index in [-0.39, 0.29) is 0 Å². The highest BCUT2D eigenvalue weighted by atomic mass is 35.5. The van der Waals surface area contributed by atoms with Crippen LogP contribution in [0.3, 0.4) is 0 Å². The van der Waals surface area contributed by atoms with E-state index in [0.29, 0.717) is 6.54 Å².